The minimum atomic E-state index is -0.235. The Morgan fingerprint density at radius 3 is 2.74 bits per heavy atom. The topological polar surface area (TPSA) is 37.3 Å². The first-order chi connectivity index (χ1) is 9.06. The van der Waals surface area contributed by atoms with Gasteiger partial charge in [-0.25, -0.2) is 0 Å². The zero-order valence-corrected chi connectivity index (χ0v) is 11.2. The molecule has 0 aliphatic carbocycles. The van der Waals surface area contributed by atoms with Crippen LogP contribution in [0.2, 0.25) is 5.02 Å². The molecule has 2 aromatic carbocycles. The van der Waals surface area contributed by atoms with Crippen LogP contribution in [0, 0.1) is 6.92 Å². The van der Waals surface area contributed by atoms with Crippen LogP contribution >= 0.6 is 11.6 Å². The Bertz CT molecular complexity index is 645. The highest BCUT2D eigenvalue weighted by Crippen LogP contribution is 2.20. The van der Waals surface area contributed by atoms with Gasteiger partial charge in [0.1, 0.15) is 5.75 Å². The van der Waals surface area contributed by atoms with Crippen molar-refractivity contribution in [2.45, 2.75) is 6.92 Å². The van der Waals surface area contributed by atoms with Gasteiger partial charge in [0.25, 0.3) is 0 Å². The predicted molar refractivity (Wildman–Crippen MR) is 77.7 cm³/mol. The molecule has 0 atom stereocenters. The van der Waals surface area contributed by atoms with Crippen molar-refractivity contribution < 1.29 is 9.90 Å². The number of aryl methyl sites for hydroxylation is 1. The number of phenols is 1. The van der Waals surface area contributed by atoms with E-state index in [2.05, 4.69) is 0 Å². The molecular weight excluding hydrogens is 260 g/mol. The highest BCUT2D eigenvalue weighted by molar-refractivity contribution is 6.30. The average molecular weight is 273 g/mol. The predicted octanol–water partition coefficient (Wildman–Crippen LogP) is 4.25. The van der Waals surface area contributed by atoms with Gasteiger partial charge in [0.05, 0.1) is 5.56 Å². The summed E-state index contributed by atoms with van der Waals surface area (Å²) in [5, 5.41) is 10.3. The molecule has 0 unspecified atom stereocenters. The summed E-state index contributed by atoms with van der Waals surface area (Å²) < 4.78 is 0. The molecule has 0 radical (unpaired) electrons. The average Bonchev–Trinajstić information content (AvgIpc) is 2.39. The number of phenolic OH excluding ortho intramolecular Hbond substituents is 1. The summed E-state index contributed by atoms with van der Waals surface area (Å²) in [6.07, 6.45) is 3.11. The minimum Gasteiger partial charge on any atom is -0.507 e. The van der Waals surface area contributed by atoms with E-state index >= 15 is 0 Å². The summed E-state index contributed by atoms with van der Waals surface area (Å²) in [4.78, 5) is 12.0. The van der Waals surface area contributed by atoms with Gasteiger partial charge in [0.2, 0.25) is 0 Å². The first-order valence-electron chi connectivity index (χ1n) is 5.84. The Kier molecular flexibility index (Phi) is 4.03. The summed E-state index contributed by atoms with van der Waals surface area (Å²) in [5.41, 5.74) is 2.07. The number of rotatable bonds is 3. The molecule has 0 spiro atoms. The lowest BCUT2D eigenvalue weighted by Crippen LogP contribution is -1.95. The zero-order valence-electron chi connectivity index (χ0n) is 10.4. The van der Waals surface area contributed by atoms with Gasteiger partial charge in [-0.05, 0) is 42.8 Å². The Labute approximate surface area is 117 Å². The number of allylic oxidation sites excluding steroid dienone is 1. The van der Waals surface area contributed by atoms with E-state index in [4.69, 9.17) is 11.6 Å². The second kappa shape index (κ2) is 5.72. The number of hydrogen-bond donors (Lipinski definition) is 1. The van der Waals surface area contributed by atoms with Crippen LogP contribution in [0.1, 0.15) is 21.5 Å². The molecule has 2 nitrogen and oxygen atoms in total. The van der Waals surface area contributed by atoms with Crippen LogP contribution in [-0.4, -0.2) is 10.9 Å². The van der Waals surface area contributed by atoms with Crippen molar-refractivity contribution in [1.82, 2.24) is 0 Å². The van der Waals surface area contributed by atoms with E-state index in [9.17, 15) is 9.90 Å². The van der Waals surface area contributed by atoms with Gasteiger partial charge in [0, 0.05) is 5.02 Å². The van der Waals surface area contributed by atoms with Crippen LogP contribution in [0.4, 0.5) is 0 Å². The van der Waals surface area contributed by atoms with E-state index in [1.165, 1.54) is 12.1 Å². The fraction of sp³-hybridized carbons (Fsp3) is 0.0625. The SMILES string of the molecule is Cc1ccc(O)c(C(=O)C=Cc2cccc(Cl)c2)c1. The van der Waals surface area contributed by atoms with Gasteiger partial charge < -0.3 is 5.11 Å². The van der Waals surface area contributed by atoms with Crippen molar-refractivity contribution in [1.29, 1.82) is 0 Å². The molecule has 0 heterocycles. The minimum absolute atomic E-state index is 0.00801. The summed E-state index contributed by atoms with van der Waals surface area (Å²) >= 11 is 5.86. The third kappa shape index (κ3) is 3.46. The maximum Gasteiger partial charge on any atom is 0.189 e. The van der Waals surface area contributed by atoms with Gasteiger partial charge in [-0.2, -0.15) is 0 Å². The lowest BCUT2D eigenvalue weighted by molar-refractivity contribution is 0.104. The van der Waals surface area contributed by atoms with Crippen LogP contribution in [0.5, 0.6) is 5.75 Å². The fourth-order valence-electron chi connectivity index (χ4n) is 1.72. The second-order valence-electron chi connectivity index (χ2n) is 4.27. The third-order valence-corrected chi connectivity index (χ3v) is 2.93. The number of carbonyl (C=O) groups is 1. The molecule has 3 heteroatoms. The van der Waals surface area contributed by atoms with E-state index in [1.807, 2.05) is 19.1 Å². The van der Waals surface area contributed by atoms with Crippen molar-refractivity contribution in [3.05, 3.63) is 70.3 Å². The third-order valence-electron chi connectivity index (χ3n) is 2.69. The molecule has 0 saturated heterocycles. The first-order valence-corrected chi connectivity index (χ1v) is 6.21. The van der Waals surface area contributed by atoms with Gasteiger partial charge in [0.15, 0.2) is 5.78 Å². The highest BCUT2D eigenvalue weighted by Gasteiger charge is 2.07. The number of benzene rings is 2. The smallest absolute Gasteiger partial charge is 0.189 e. The van der Waals surface area contributed by atoms with Crippen molar-refractivity contribution >= 4 is 23.5 Å². The Morgan fingerprint density at radius 2 is 2.00 bits per heavy atom. The van der Waals surface area contributed by atoms with Gasteiger partial charge in [-0.15, -0.1) is 0 Å². The highest BCUT2D eigenvalue weighted by atomic mass is 35.5. The van der Waals surface area contributed by atoms with Crippen molar-refractivity contribution in [3.8, 4) is 5.75 Å². The number of aromatic hydroxyl groups is 1. The van der Waals surface area contributed by atoms with Crippen LogP contribution in [-0.2, 0) is 0 Å². The number of halogens is 1. The molecule has 1 N–H and O–H groups in total. The molecule has 0 saturated carbocycles. The van der Waals surface area contributed by atoms with Crippen LogP contribution in [0.25, 0.3) is 6.08 Å². The van der Waals surface area contributed by atoms with E-state index in [0.29, 0.717) is 10.6 Å². The molecule has 19 heavy (non-hydrogen) atoms. The molecule has 0 amide bonds. The molecule has 0 fully saturated rings. The number of ketones is 1. The number of carbonyl (C=O) groups excluding carboxylic acids is 1. The van der Waals surface area contributed by atoms with Crippen molar-refractivity contribution in [3.63, 3.8) is 0 Å². The zero-order chi connectivity index (χ0) is 13.8. The Balaban J connectivity index is 2.23. The van der Waals surface area contributed by atoms with Crippen LogP contribution < -0.4 is 0 Å². The van der Waals surface area contributed by atoms with E-state index in [-0.39, 0.29) is 11.5 Å². The fourth-order valence-corrected chi connectivity index (χ4v) is 1.92. The van der Waals surface area contributed by atoms with Gasteiger partial charge in [-0.3, -0.25) is 4.79 Å². The maximum atomic E-state index is 12.0. The number of hydrogen-bond acceptors (Lipinski definition) is 2. The Morgan fingerprint density at radius 1 is 1.21 bits per heavy atom. The molecular formula is C16H13ClO2. The second-order valence-corrected chi connectivity index (χ2v) is 4.71. The summed E-state index contributed by atoms with van der Waals surface area (Å²) in [7, 11) is 0. The molecule has 0 aromatic heterocycles. The van der Waals surface area contributed by atoms with Gasteiger partial charge >= 0.3 is 0 Å². The lowest BCUT2D eigenvalue weighted by Gasteiger charge is -2.01. The largest absolute Gasteiger partial charge is 0.507 e. The first kappa shape index (κ1) is 13.4. The summed E-state index contributed by atoms with van der Waals surface area (Å²) in [5.74, 6) is -0.243. The van der Waals surface area contributed by atoms with Crippen LogP contribution in [0.3, 0.4) is 0 Å². The van der Waals surface area contributed by atoms with Crippen molar-refractivity contribution in [2.75, 3.05) is 0 Å². The molecule has 0 aliphatic heterocycles. The van der Waals surface area contributed by atoms with Crippen LogP contribution in [0.15, 0.2) is 48.5 Å². The molecule has 2 aromatic rings. The quantitative estimate of drug-likeness (QED) is 0.670. The molecule has 2 rings (SSSR count). The Hall–Kier alpha value is -2.06. The molecule has 0 bridgehead atoms. The molecule has 96 valence electrons. The molecule has 0 aliphatic rings. The standard InChI is InChI=1S/C16H13ClO2/c1-11-5-7-15(18)14(9-11)16(19)8-6-12-3-2-4-13(17)10-12/h2-10,18H,1H3. The monoisotopic (exact) mass is 272 g/mol. The maximum absolute atomic E-state index is 12.0. The lowest BCUT2D eigenvalue weighted by atomic mass is 10.1. The van der Waals surface area contributed by atoms with Gasteiger partial charge in [-0.1, -0.05) is 41.4 Å². The van der Waals surface area contributed by atoms with E-state index < -0.39 is 0 Å². The van der Waals surface area contributed by atoms with E-state index in [0.717, 1.165) is 11.1 Å². The van der Waals surface area contributed by atoms with Crippen molar-refractivity contribution in [2.24, 2.45) is 0 Å². The van der Waals surface area contributed by atoms with E-state index in [1.54, 1.807) is 30.3 Å². The normalized spacial score (nSPS) is 10.8. The summed E-state index contributed by atoms with van der Waals surface area (Å²) in [6.45, 7) is 1.87. The summed E-state index contributed by atoms with van der Waals surface area (Å²) in [6, 6.07) is 12.2.